The molecule has 1 heterocycles. The van der Waals surface area contributed by atoms with E-state index in [-0.39, 0.29) is 5.60 Å². The van der Waals surface area contributed by atoms with Crippen LogP contribution < -0.4 is 5.32 Å². The van der Waals surface area contributed by atoms with Gasteiger partial charge in [0, 0.05) is 25.7 Å². The molecule has 1 rings (SSSR count). The predicted octanol–water partition coefficient (Wildman–Crippen LogP) is 1.73. The van der Waals surface area contributed by atoms with Crippen molar-refractivity contribution in [3.63, 3.8) is 0 Å². The second-order valence-corrected chi connectivity index (χ2v) is 5.86. The minimum absolute atomic E-state index is 0.0993. The number of hydrogen-bond donors (Lipinski definition) is 1. The molecule has 0 aromatic rings. The number of hydrogen-bond acceptors (Lipinski definition) is 3. The lowest BCUT2D eigenvalue weighted by Crippen LogP contribution is -2.59. The summed E-state index contributed by atoms with van der Waals surface area (Å²) >= 11 is 0. The fourth-order valence-electron chi connectivity index (χ4n) is 2.10. The third kappa shape index (κ3) is 4.40. The third-order valence-electron chi connectivity index (χ3n) is 3.46. The van der Waals surface area contributed by atoms with Crippen LogP contribution in [0.1, 0.15) is 34.1 Å². The molecule has 1 unspecified atom stereocenters. The highest BCUT2D eigenvalue weighted by Crippen LogP contribution is 2.15. The van der Waals surface area contributed by atoms with E-state index in [0.29, 0.717) is 6.04 Å². The van der Waals surface area contributed by atoms with Crippen molar-refractivity contribution in [1.29, 1.82) is 0 Å². The summed E-state index contributed by atoms with van der Waals surface area (Å²) in [6, 6.07) is 0.649. The lowest BCUT2D eigenvalue weighted by Gasteiger charge is -2.39. The Balaban J connectivity index is 2.11. The highest BCUT2D eigenvalue weighted by atomic mass is 16.5. The molecule has 96 valence electrons. The van der Waals surface area contributed by atoms with E-state index in [4.69, 9.17) is 4.74 Å². The first-order valence-electron chi connectivity index (χ1n) is 6.48. The van der Waals surface area contributed by atoms with Crippen molar-refractivity contribution < 1.29 is 4.74 Å². The zero-order valence-corrected chi connectivity index (χ0v) is 11.5. The maximum Gasteiger partial charge on any atom is 0.0902 e. The van der Waals surface area contributed by atoms with Gasteiger partial charge in [-0.3, -0.25) is 0 Å². The minimum atomic E-state index is 0.0993. The van der Waals surface area contributed by atoms with Gasteiger partial charge in [-0.15, -0.1) is 0 Å². The van der Waals surface area contributed by atoms with Crippen LogP contribution in [-0.2, 0) is 4.74 Å². The standard InChI is InChI=1S/C13H28N2O/c1-11(2)8-12(3)15(5)6-7-16-13(4)9-14-10-13/h11-12,14H,6-10H2,1-5H3. The molecule has 3 heteroatoms. The van der Waals surface area contributed by atoms with Crippen molar-refractivity contribution in [2.24, 2.45) is 5.92 Å². The molecule has 0 spiro atoms. The average molecular weight is 228 g/mol. The Kier molecular flexibility index (Phi) is 5.22. The van der Waals surface area contributed by atoms with Crippen molar-refractivity contribution >= 4 is 0 Å². The van der Waals surface area contributed by atoms with E-state index in [1.165, 1.54) is 6.42 Å². The summed E-state index contributed by atoms with van der Waals surface area (Å²) in [7, 11) is 2.19. The van der Waals surface area contributed by atoms with Gasteiger partial charge in [-0.05, 0) is 33.2 Å². The number of nitrogens with zero attached hydrogens (tertiary/aromatic N) is 1. The fraction of sp³-hybridized carbons (Fsp3) is 1.00. The van der Waals surface area contributed by atoms with Gasteiger partial charge in [0.25, 0.3) is 0 Å². The molecule has 1 fully saturated rings. The summed E-state index contributed by atoms with van der Waals surface area (Å²) in [6.07, 6.45) is 1.26. The van der Waals surface area contributed by atoms with Crippen molar-refractivity contribution in [2.45, 2.75) is 45.8 Å². The number of likely N-dealkylation sites (N-methyl/N-ethyl adjacent to an activating group) is 1. The lowest BCUT2D eigenvalue weighted by molar-refractivity contribution is -0.0728. The molecular formula is C13H28N2O. The van der Waals surface area contributed by atoms with Crippen LogP contribution >= 0.6 is 0 Å². The van der Waals surface area contributed by atoms with E-state index in [2.05, 4.69) is 45.0 Å². The maximum absolute atomic E-state index is 5.89. The molecule has 0 saturated carbocycles. The fourth-order valence-corrected chi connectivity index (χ4v) is 2.10. The molecule has 0 radical (unpaired) electrons. The smallest absolute Gasteiger partial charge is 0.0902 e. The molecule has 1 atom stereocenters. The van der Waals surface area contributed by atoms with Gasteiger partial charge in [0.15, 0.2) is 0 Å². The molecule has 1 aliphatic heterocycles. The molecule has 1 saturated heterocycles. The van der Waals surface area contributed by atoms with Crippen LogP contribution in [0.3, 0.4) is 0 Å². The van der Waals surface area contributed by atoms with Gasteiger partial charge in [0.05, 0.1) is 12.2 Å². The summed E-state index contributed by atoms with van der Waals surface area (Å²) in [5, 5.41) is 3.25. The first-order valence-corrected chi connectivity index (χ1v) is 6.48. The quantitative estimate of drug-likeness (QED) is 0.718. The summed E-state index contributed by atoms with van der Waals surface area (Å²) in [5.74, 6) is 0.770. The van der Waals surface area contributed by atoms with Crippen molar-refractivity contribution in [2.75, 3.05) is 33.3 Å². The van der Waals surface area contributed by atoms with Crippen LogP contribution in [0.15, 0.2) is 0 Å². The lowest BCUT2D eigenvalue weighted by atomic mass is 10.0. The second kappa shape index (κ2) is 5.99. The Bertz CT molecular complexity index is 202. The normalized spacial score (nSPS) is 21.2. The molecule has 0 amide bonds. The second-order valence-electron chi connectivity index (χ2n) is 5.86. The maximum atomic E-state index is 5.89. The van der Waals surface area contributed by atoms with E-state index in [1.54, 1.807) is 0 Å². The van der Waals surface area contributed by atoms with Crippen LogP contribution in [0.25, 0.3) is 0 Å². The van der Waals surface area contributed by atoms with Crippen LogP contribution in [0.2, 0.25) is 0 Å². The Morgan fingerprint density at radius 3 is 2.38 bits per heavy atom. The molecule has 0 aliphatic carbocycles. The first-order chi connectivity index (χ1) is 7.43. The van der Waals surface area contributed by atoms with Gasteiger partial charge >= 0.3 is 0 Å². The Morgan fingerprint density at radius 2 is 1.94 bits per heavy atom. The third-order valence-corrected chi connectivity index (χ3v) is 3.46. The van der Waals surface area contributed by atoms with E-state index in [1.807, 2.05) is 0 Å². The van der Waals surface area contributed by atoms with Crippen LogP contribution in [0.5, 0.6) is 0 Å². The topological polar surface area (TPSA) is 24.5 Å². The van der Waals surface area contributed by atoms with Gasteiger partial charge in [-0.2, -0.15) is 0 Å². The molecule has 0 aromatic carbocycles. The highest BCUT2D eigenvalue weighted by Gasteiger charge is 2.32. The number of ether oxygens (including phenoxy) is 1. The van der Waals surface area contributed by atoms with E-state index < -0.39 is 0 Å². The van der Waals surface area contributed by atoms with Gasteiger partial charge < -0.3 is 15.0 Å². The Labute approximate surface area is 101 Å². The first kappa shape index (κ1) is 13.9. The molecule has 3 nitrogen and oxygen atoms in total. The zero-order chi connectivity index (χ0) is 12.2. The summed E-state index contributed by atoms with van der Waals surface area (Å²) in [5.41, 5.74) is 0.0993. The molecule has 1 N–H and O–H groups in total. The van der Waals surface area contributed by atoms with Crippen LogP contribution in [0, 0.1) is 5.92 Å². The van der Waals surface area contributed by atoms with E-state index in [9.17, 15) is 0 Å². The van der Waals surface area contributed by atoms with Gasteiger partial charge in [0.2, 0.25) is 0 Å². The largest absolute Gasteiger partial charge is 0.371 e. The molecule has 16 heavy (non-hydrogen) atoms. The molecule has 0 bridgehead atoms. The summed E-state index contributed by atoms with van der Waals surface area (Å²) in [6.45, 7) is 12.9. The average Bonchev–Trinajstić information content (AvgIpc) is 2.13. The van der Waals surface area contributed by atoms with Gasteiger partial charge in [-0.1, -0.05) is 13.8 Å². The van der Waals surface area contributed by atoms with Crippen molar-refractivity contribution in [3.8, 4) is 0 Å². The summed E-state index contributed by atoms with van der Waals surface area (Å²) in [4.78, 5) is 2.40. The predicted molar refractivity (Wildman–Crippen MR) is 68.8 cm³/mol. The summed E-state index contributed by atoms with van der Waals surface area (Å²) < 4.78 is 5.89. The zero-order valence-electron chi connectivity index (χ0n) is 11.5. The van der Waals surface area contributed by atoms with Crippen LogP contribution in [0.4, 0.5) is 0 Å². The van der Waals surface area contributed by atoms with E-state index >= 15 is 0 Å². The van der Waals surface area contributed by atoms with Crippen molar-refractivity contribution in [1.82, 2.24) is 10.2 Å². The number of rotatable bonds is 7. The SMILES string of the molecule is CC(C)CC(C)N(C)CCOC1(C)CNC1. The minimum Gasteiger partial charge on any atom is -0.371 e. The monoisotopic (exact) mass is 228 g/mol. The van der Waals surface area contributed by atoms with Crippen LogP contribution in [-0.4, -0.2) is 49.8 Å². The van der Waals surface area contributed by atoms with Gasteiger partial charge in [-0.25, -0.2) is 0 Å². The van der Waals surface area contributed by atoms with Crippen molar-refractivity contribution in [3.05, 3.63) is 0 Å². The molecule has 0 aromatic heterocycles. The number of nitrogens with one attached hydrogen (secondary N) is 1. The highest BCUT2D eigenvalue weighted by molar-refractivity contribution is 4.90. The van der Waals surface area contributed by atoms with Gasteiger partial charge in [0.1, 0.15) is 0 Å². The molecule has 1 aliphatic rings. The van der Waals surface area contributed by atoms with E-state index in [0.717, 1.165) is 32.2 Å². The Morgan fingerprint density at radius 1 is 1.31 bits per heavy atom. The molecular weight excluding hydrogens is 200 g/mol. The Hall–Kier alpha value is -0.120.